The minimum Gasteiger partial charge on any atom is -0.476 e. The standard InChI is InChI=1S/C29H27F2N5O6S2/c30-21-5-4-18(14-19(21)27(37)35-7-9-42-10-8-35)26-20(11-17-3-6-25(22(31)12-17)44(32,40)41)24(13-16-1-2-16)36(34-26)29-33-23(15-43-29)28(38)39/h3-6,12,14-16H,1-2,7-11,13H2,(H,38,39)(H2,32,40,41). The van der Waals surface area contributed by atoms with Gasteiger partial charge in [-0.05, 0) is 61.1 Å². The van der Waals surface area contributed by atoms with Gasteiger partial charge in [0.2, 0.25) is 15.2 Å². The van der Waals surface area contributed by atoms with E-state index in [1.54, 1.807) is 4.68 Å². The molecule has 44 heavy (non-hydrogen) atoms. The fraction of sp³-hybridized carbons (Fsp3) is 0.310. The van der Waals surface area contributed by atoms with Crippen LogP contribution in [0.4, 0.5) is 8.78 Å². The number of carboxylic acids is 1. The molecule has 0 unspecified atom stereocenters. The highest BCUT2D eigenvalue weighted by Crippen LogP contribution is 2.38. The second kappa shape index (κ2) is 11.8. The summed E-state index contributed by atoms with van der Waals surface area (Å²) in [4.78, 5) is 30.0. The zero-order valence-corrected chi connectivity index (χ0v) is 24.8. The number of nitrogens with two attached hydrogens (primary N) is 1. The summed E-state index contributed by atoms with van der Waals surface area (Å²) in [5.41, 5.74) is 2.26. The first-order chi connectivity index (χ1) is 21.0. The van der Waals surface area contributed by atoms with Crippen LogP contribution in [0.2, 0.25) is 0 Å². The lowest BCUT2D eigenvalue weighted by Crippen LogP contribution is -2.41. The summed E-state index contributed by atoms with van der Waals surface area (Å²) >= 11 is 1.09. The van der Waals surface area contributed by atoms with Gasteiger partial charge in [0.15, 0.2) is 5.69 Å². The van der Waals surface area contributed by atoms with Crippen LogP contribution >= 0.6 is 11.3 Å². The molecule has 1 aliphatic heterocycles. The molecule has 0 spiro atoms. The Kier molecular flexibility index (Phi) is 8.04. The molecular weight excluding hydrogens is 616 g/mol. The molecule has 0 bridgehead atoms. The van der Waals surface area contributed by atoms with Crippen molar-refractivity contribution in [3.05, 3.63) is 81.5 Å². The Morgan fingerprint density at radius 1 is 1.09 bits per heavy atom. The predicted octanol–water partition coefficient (Wildman–Crippen LogP) is 3.64. The Balaban J connectivity index is 1.50. The number of morpholine rings is 1. The first-order valence-corrected chi connectivity index (χ1v) is 16.2. The summed E-state index contributed by atoms with van der Waals surface area (Å²) in [6.07, 6.45) is 2.61. The van der Waals surface area contributed by atoms with Gasteiger partial charge in [-0.15, -0.1) is 11.3 Å². The van der Waals surface area contributed by atoms with Gasteiger partial charge in [-0.3, -0.25) is 4.79 Å². The molecule has 6 rings (SSSR count). The van der Waals surface area contributed by atoms with Gasteiger partial charge >= 0.3 is 5.97 Å². The van der Waals surface area contributed by atoms with Crippen molar-refractivity contribution < 1.29 is 36.6 Å². The molecule has 3 N–H and O–H groups in total. The number of ether oxygens (including phenoxy) is 1. The molecular formula is C29H27F2N5O6S2. The van der Waals surface area contributed by atoms with Crippen LogP contribution in [0.15, 0.2) is 46.7 Å². The Bertz CT molecular complexity index is 1880. The molecule has 2 fully saturated rings. The quantitative estimate of drug-likeness (QED) is 0.280. The van der Waals surface area contributed by atoms with Gasteiger partial charge in [0, 0.05) is 36.0 Å². The third-order valence-electron chi connectivity index (χ3n) is 7.61. The van der Waals surface area contributed by atoms with E-state index >= 15 is 4.39 Å². The minimum atomic E-state index is -4.28. The van der Waals surface area contributed by atoms with E-state index in [9.17, 15) is 27.5 Å². The molecule has 2 aromatic carbocycles. The maximum Gasteiger partial charge on any atom is 0.355 e. The number of rotatable bonds is 9. The highest BCUT2D eigenvalue weighted by molar-refractivity contribution is 7.89. The summed E-state index contributed by atoms with van der Waals surface area (Å²) in [6.45, 7) is 1.34. The van der Waals surface area contributed by atoms with Crippen molar-refractivity contribution in [1.29, 1.82) is 0 Å². The van der Waals surface area contributed by atoms with E-state index in [0.717, 1.165) is 36.3 Å². The number of carbonyl (C=O) groups excluding carboxylic acids is 1. The zero-order valence-electron chi connectivity index (χ0n) is 23.2. The molecule has 0 atom stereocenters. The number of carboxylic acid groups (broad SMARTS) is 1. The Morgan fingerprint density at radius 3 is 2.48 bits per heavy atom. The third kappa shape index (κ3) is 6.13. The smallest absolute Gasteiger partial charge is 0.355 e. The van der Waals surface area contributed by atoms with Crippen molar-refractivity contribution in [1.82, 2.24) is 19.7 Å². The van der Waals surface area contributed by atoms with Gasteiger partial charge in [-0.25, -0.2) is 36.8 Å². The summed E-state index contributed by atoms with van der Waals surface area (Å²) < 4.78 is 60.4. The second-order valence-corrected chi connectivity index (χ2v) is 13.1. The molecule has 1 saturated carbocycles. The van der Waals surface area contributed by atoms with Crippen LogP contribution in [0.25, 0.3) is 16.4 Å². The van der Waals surface area contributed by atoms with E-state index in [1.807, 2.05) is 0 Å². The van der Waals surface area contributed by atoms with Crippen LogP contribution in [-0.4, -0.2) is 71.4 Å². The molecule has 2 aromatic heterocycles. The van der Waals surface area contributed by atoms with Gasteiger partial charge in [0.25, 0.3) is 5.91 Å². The maximum absolute atomic E-state index is 15.1. The van der Waals surface area contributed by atoms with E-state index in [-0.39, 0.29) is 17.7 Å². The lowest BCUT2D eigenvalue weighted by molar-refractivity contribution is 0.0300. The van der Waals surface area contributed by atoms with Crippen LogP contribution in [0.1, 0.15) is 50.5 Å². The minimum absolute atomic E-state index is 0.0977. The number of aromatic carboxylic acids is 1. The lowest BCUT2D eigenvalue weighted by atomic mass is 9.96. The monoisotopic (exact) mass is 643 g/mol. The first kappa shape index (κ1) is 30.0. The van der Waals surface area contributed by atoms with Crippen LogP contribution in [0.3, 0.4) is 0 Å². The van der Waals surface area contributed by atoms with Crippen LogP contribution < -0.4 is 5.14 Å². The molecule has 230 valence electrons. The molecule has 1 aliphatic carbocycles. The number of carbonyl (C=O) groups is 2. The highest BCUT2D eigenvalue weighted by atomic mass is 32.2. The third-order valence-corrected chi connectivity index (χ3v) is 9.37. The molecule has 2 aliphatic rings. The molecule has 1 saturated heterocycles. The van der Waals surface area contributed by atoms with Crippen molar-refractivity contribution in [3.8, 4) is 16.4 Å². The number of thiazole rings is 1. The molecule has 3 heterocycles. The Hall–Kier alpha value is -4.05. The van der Waals surface area contributed by atoms with E-state index in [4.69, 9.17) is 15.0 Å². The van der Waals surface area contributed by atoms with Gasteiger partial charge in [0.1, 0.15) is 16.5 Å². The fourth-order valence-electron chi connectivity index (χ4n) is 5.19. The highest BCUT2D eigenvalue weighted by Gasteiger charge is 2.30. The number of hydrogen-bond acceptors (Lipinski definition) is 8. The number of benzene rings is 2. The normalized spacial score (nSPS) is 15.5. The van der Waals surface area contributed by atoms with Gasteiger partial charge in [-0.2, -0.15) is 5.10 Å². The van der Waals surface area contributed by atoms with Crippen molar-refractivity contribution in [2.75, 3.05) is 26.3 Å². The Labute approximate surface area is 254 Å². The van der Waals surface area contributed by atoms with Crippen molar-refractivity contribution >= 4 is 33.2 Å². The number of hydrogen-bond donors (Lipinski definition) is 2. The van der Waals surface area contributed by atoms with Gasteiger partial charge in [-0.1, -0.05) is 6.07 Å². The molecule has 4 aromatic rings. The van der Waals surface area contributed by atoms with Crippen LogP contribution in [0.5, 0.6) is 0 Å². The number of sulfonamides is 1. The van der Waals surface area contributed by atoms with Crippen LogP contribution in [0, 0.1) is 17.6 Å². The topological polar surface area (TPSA) is 158 Å². The molecule has 1 amide bonds. The predicted molar refractivity (Wildman–Crippen MR) is 155 cm³/mol. The summed E-state index contributed by atoms with van der Waals surface area (Å²) in [5.74, 6) is -3.05. The van der Waals surface area contributed by atoms with Crippen molar-refractivity contribution in [2.45, 2.75) is 30.6 Å². The van der Waals surface area contributed by atoms with E-state index in [0.29, 0.717) is 71.9 Å². The number of aromatic nitrogens is 3. The SMILES string of the molecule is NS(=O)(=O)c1ccc(Cc2c(-c3ccc(F)c(C(=O)N4CCOCC4)c3)nn(-c3nc(C(=O)O)cs3)c2CC2CC2)cc1F. The van der Waals surface area contributed by atoms with Gasteiger partial charge < -0.3 is 14.7 Å². The number of halogens is 2. The van der Waals surface area contributed by atoms with Crippen LogP contribution in [-0.2, 0) is 27.6 Å². The summed E-state index contributed by atoms with van der Waals surface area (Å²) in [7, 11) is -4.28. The van der Waals surface area contributed by atoms with E-state index in [2.05, 4.69) is 4.98 Å². The summed E-state index contributed by atoms with van der Waals surface area (Å²) in [6, 6.07) is 7.76. The lowest BCUT2D eigenvalue weighted by Gasteiger charge is -2.27. The number of nitrogens with zero attached hydrogens (tertiary/aromatic N) is 4. The van der Waals surface area contributed by atoms with E-state index in [1.165, 1.54) is 34.5 Å². The average Bonchev–Trinajstić information content (AvgIpc) is 3.55. The number of primary sulfonamides is 1. The second-order valence-electron chi connectivity index (χ2n) is 10.7. The summed E-state index contributed by atoms with van der Waals surface area (Å²) in [5, 5.41) is 21.1. The average molecular weight is 644 g/mol. The first-order valence-electron chi connectivity index (χ1n) is 13.8. The Morgan fingerprint density at radius 2 is 1.84 bits per heavy atom. The largest absolute Gasteiger partial charge is 0.476 e. The van der Waals surface area contributed by atoms with Gasteiger partial charge in [0.05, 0.1) is 30.2 Å². The van der Waals surface area contributed by atoms with Crippen molar-refractivity contribution in [2.24, 2.45) is 11.1 Å². The molecule has 11 nitrogen and oxygen atoms in total. The number of amides is 1. The molecule has 0 radical (unpaired) electrons. The van der Waals surface area contributed by atoms with E-state index < -0.39 is 38.4 Å². The van der Waals surface area contributed by atoms with Crippen molar-refractivity contribution in [3.63, 3.8) is 0 Å². The zero-order chi connectivity index (χ0) is 31.2. The maximum atomic E-state index is 15.1. The molecule has 15 heteroatoms. The fourth-order valence-corrected chi connectivity index (χ4v) is 6.55.